The van der Waals surface area contributed by atoms with E-state index in [1.807, 2.05) is 0 Å². The predicted octanol–water partition coefficient (Wildman–Crippen LogP) is 4.49. The third-order valence-electron chi connectivity index (χ3n) is 3.44. The van der Waals surface area contributed by atoms with Gasteiger partial charge in [-0.05, 0) is 36.8 Å². The van der Waals surface area contributed by atoms with Crippen LogP contribution in [-0.4, -0.2) is 29.9 Å². The van der Waals surface area contributed by atoms with Gasteiger partial charge < -0.3 is 9.47 Å². The van der Waals surface area contributed by atoms with Gasteiger partial charge in [0.25, 0.3) is 5.69 Å². The first-order valence-corrected chi connectivity index (χ1v) is 8.63. The van der Waals surface area contributed by atoms with E-state index in [9.17, 15) is 19.7 Å². The molecule has 7 nitrogen and oxygen atoms in total. The summed E-state index contributed by atoms with van der Waals surface area (Å²) < 4.78 is 10.4. The Hall–Kier alpha value is -2.64. The molecule has 0 atom stereocenters. The number of nitro benzene ring substituents is 1. The van der Waals surface area contributed by atoms with Crippen molar-refractivity contribution in [3.63, 3.8) is 0 Å². The summed E-state index contributed by atoms with van der Waals surface area (Å²) in [5, 5.41) is 11.4. The zero-order chi connectivity index (χ0) is 19.8. The second-order valence-electron chi connectivity index (χ2n) is 5.41. The van der Waals surface area contributed by atoms with Gasteiger partial charge in [-0.2, -0.15) is 0 Å². The fourth-order valence-corrected chi connectivity index (χ4v) is 2.52. The van der Waals surface area contributed by atoms with Crippen molar-refractivity contribution in [3.05, 3.63) is 68.2 Å². The number of halogens is 2. The summed E-state index contributed by atoms with van der Waals surface area (Å²) in [6, 6.07) is 9.89. The summed E-state index contributed by atoms with van der Waals surface area (Å²) in [7, 11) is 0. The molecule has 0 fully saturated rings. The molecule has 0 aliphatic carbocycles. The van der Waals surface area contributed by atoms with E-state index in [2.05, 4.69) is 0 Å². The Labute approximate surface area is 164 Å². The van der Waals surface area contributed by atoms with E-state index < -0.39 is 23.3 Å². The molecule has 2 aromatic rings. The molecule has 9 heteroatoms. The van der Waals surface area contributed by atoms with Crippen LogP contribution in [0.1, 0.15) is 23.2 Å². The Morgan fingerprint density at radius 2 is 1.78 bits per heavy atom. The monoisotopic (exact) mass is 411 g/mol. The Bertz CT molecular complexity index is 838. The summed E-state index contributed by atoms with van der Waals surface area (Å²) >= 11 is 11.8. The molecule has 0 aromatic heterocycles. The molecule has 2 aromatic carbocycles. The average Bonchev–Trinajstić information content (AvgIpc) is 2.64. The standard InChI is InChI=1S/C18H15Cl2NO6/c19-13-5-8-17(15(20)10-13)26-9-1-2-18(23)27-11-16(22)12-3-6-14(7-4-12)21(24)25/h3-8,10H,1-2,9,11H2. The van der Waals surface area contributed by atoms with Crippen LogP contribution in [0.2, 0.25) is 10.0 Å². The van der Waals surface area contributed by atoms with E-state index in [4.69, 9.17) is 32.7 Å². The summed E-state index contributed by atoms with van der Waals surface area (Å²) in [6.45, 7) is -0.187. The van der Waals surface area contributed by atoms with Crippen LogP contribution in [-0.2, 0) is 9.53 Å². The van der Waals surface area contributed by atoms with Crippen molar-refractivity contribution < 1.29 is 24.0 Å². The zero-order valence-corrected chi connectivity index (χ0v) is 15.5. The lowest BCUT2D eigenvalue weighted by Gasteiger charge is -2.08. The van der Waals surface area contributed by atoms with Crippen LogP contribution in [0.25, 0.3) is 0 Å². The fraction of sp³-hybridized carbons (Fsp3) is 0.222. The smallest absolute Gasteiger partial charge is 0.306 e. The highest BCUT2D eigenvalue weighted by atomic mass is 35.5. The number of nitrogens with zero attached hydrogens (tertiary/aromatic N) is 1. The minimum absolute atomic E-state index is 0.0682. The number of hydrogen-bond acceptors (Lipinski definition) is 6. The molecular weight excluding hydrogens is 397 g/mol. The van der Waals surface area contributed by atoms with Gasteiger partial charge in [-0.15, -0.1) is 0 Å². The van der Waals surface area contributed by atoms with Crippen molar-refractivity contribution in [2.45, 2.75) is 12.8 Å². The number of carbonyl (C=O) groups is 2. The fourth-order valence-electron chi connectivity index (χ4n) is 2.06. The van der Waals surface area contributed by atoms with Gasteiger partial charge in [-0.1, -0.05) is 23.2 Å². The molecule has 0 unspecified atom stereocenters. The van der Waals surface area contributed by atoms with E-state index in [1.54, 1.807) is 18.2 Å². The number of Topliss-reactive ketones (excluding diaryl/α,β-unsaturated/α-hetero) is 1. The Kier molecular flexibility index (Phi) is 7.57. The Morgan fingerprint density at radius 3 is 2.41 bits per heavy atom. The van der Waals surface area contributed by atoms with Gasteiger partial charge >= 0.3 is 5.97 Å². The van der Waals surface area contributed by atoms with Gasteiger partial charge in [0, 0.05) is 29.1 Å². The normalized spacial score (nSPS) is 10.3. The molecule has 0 aliphatic rings. The third kappa shape index (κ3) is 6.54. The first-order valence-electron chi connectivity index (χ1n) is 7.88. The maximum atomic E-state index is 11.9. The van der Waals surface area contributed by atoms with Crippen molar-refractivity contribution >= 4 is 40.6 Å². The van der Waals surface area contributed by atoms with Crippen LogP contribution in [0.5, 0.6) is 5.75 Å². The second-order valence-corrected chi connectivity index (χ2v) is 6.26. The highest BCUT2D eigenvalue weighted by Crippen LogP contribution is 2.27. The molecule has 0 aliphatic heterocycles. The molecule has 27 heavy (non-hydrogen) atoms. The molecule has 0 radical (unpaired) electrons. The topological polar surface area (TPSA) is 95.7 Å². The maximum Gasteiger partial charge on any atom is 0.306 e. The summed E-state index contributed by atoms with van der Waals surface area (Å²) in [5.41, 5.74) is 0.110. The van der Waals surface area contributed by atoms with E-state index in [0.717, 1.165) is 0 Å². The lowest BCUT2D eigenvalue weighted by molar-refractivity contribution is -0.384. The summed E-state index contributed by atoms with van der Waals surface area (Å²) in [5.74, 6) is -0.527. The Balaban J connectivity index is 1.69. The van der Waals surface area contributed by atoms with Gasteiger partial charge in [0.1, 0.15) is 5.75 Å². The number of nitro groups is 1. The molecule has 0 saturated heterocycles. The third-order valence-corrected chi connectivity index (χ3v) is 3.97. The number of carbonyl (C=O) groups excluding carboxylic acids is 2. The van der Waals surface area contributed by atoms with E-state index in [-0.39, 0.29) is 24.3 Å². The largest absolute Gasteiger partial charge is 0.492 e. The van der Waals surface area contributed by atoms with Crippen LogP contribution in [0.15, 0.2) is 42.5 Å². The van der Waals surface area contributed by atoms with E-state index in [0.29, 0.717) is 22.2 Å². The van der Waals surface area contributed by atoms with Gasteiger partial charge in [0.15, 0.2) is 12.4 Å². The molecule has 0 bridgehead atoms. The van der Waals surface area contributed by atoms with E-state index in [1.165, 1.54) is 24.3 Å². The average molecular weight is 412 g/mol. The first-order chi connectivity index (χ1) is 12.9. The molecular formula is C18H15Cl2NO6. The number of ketones is 1. The van der Waals surface area contributed by atoms with Gasteiger partial charge in [0.2, 0.25) is 0 Å². The number of ether oxygens (including phenoxy) is 2. The van der Waals surface area contributed by atoms with Gasteiger partial charge in [0.05, 0.1) is 16.6 Å². The number of non-ortho nitro benzene ring substituents is 1. The Morgan fingerprint density at radius 1 is 1.07 bits per heavy atom. The number of rotatable bonds is 9. The molecule has 0 spiro atoms. The molecule has 0 amide bonds. The van der Waals surface area contributed by atoms with Crippen LogP contribution in [0.4, 0.5) is 5.69 Å². The van der Waals surface area contributed by atoms with Gasteiger partial charge in [-0.3, -0.25) is 19.7 Å². The molecule has 0 heterocycles. The van der Waals surface area contributed by atoms with Crippen LogP contribution in [0.3, 0.4) is 0 Å². The second kappa shape index (κ2) is 9.89. The van der Waals surface area contributed by atoms with Crippen molar-refractivity contribution in [1.82, 2.24) is 0 Å². The zero-order valence-electron chi connectivity index (χ0n) is 14.0. The maximum absolute atomic E-state index is 11.9. The lowest BCUT2D eigenvalue weighted by atomic mass is 10.1. The summed E-state index contributed by atoms with van der Waals surface area (Å²) in [6.07, 6.45) is 0.447. The lowest BCUT2D eigenvalue weighted by Crippen LogP contribution is -2.14. The molecule has 142 valence electrons. The van der Waals surface area contributed by atoms with Crippen molar-refractivity contribution in [2.24, 2.45) is 0 Å². The molecule has 0 saturated carbocycles. The SMILES string of the molecule is O=C(CCCOc1ccc(Cl)cc1Cl)OCC(=O)c1ccc([N+](=O)[O-])cc1. The minimum atomic E-state index is -0.562. The number of benzene rings is 2. The van der Waals surface area contributed by atoms with Gasteiger partial charge in [-0.25, -0.2) is 0 Å². The molecule has 2 rings (SSSR count). The van der Waals surface area contributed by atoms with Crippen LogP contribution < -0.4 is 4.74 Å². The van der Waals surface area contributed by atoms with E-state index >= 15 is 0 Å². The number of hydrogen-bond donors (Lipinski definition) is 0. The van der Waals surface area contributed by atoms with Crippen molar-refractivity contribution in [2.75, 3.05) is 13.2 Å². The van der Waals surface area contributed by atoms with Crippen molar-refractivity contribution in [1.29, 1.82) is 0 Å². The highest BCUT2D eigenvalue weighted by Gasteiger charge is 2.12. The summed E-state index contributed by atoms with van der Waals surface area (Å²) in [4.78, 5) is 33.6. The minimum Gasteiger partial charge on any atom is -0.492 e. The van der Waals surface area contributed by atoms with Crippen molar-refractivity contribution in [3.8, 4) is 5.75 Å². The number of esters is 1. The quantitative estimate of drug-likeness (QED) is 0.198. The van der Waals surface area contributed by atoms with Crippen LogP contribution in [0, 0.1) is 10.1 Å². The van der Waals surface area contributed by atoms with Crippen LogP contribution >= 0.6 is 23.2 Å². The molecule has 0 N–H and O–H groups in total. The highest BCUT2D eigenvalue weighted by molar-refractivity contribution is 6.35. The predicted molar refractivity (Wildman–Crippen MR) is 99.6 cm³/mol. The first kappa shape index (κ1) is 20.7.